The largest absolute Gasteiger partial charge is 0.451 e. The molecule has 0 aliphatic heterocycles. The number of halogens is 2. The third-order valence-electron chi connectivity index (χ3n) is 3.05. The van der Waals surface area contributed by atoms with Crippen molar-refractivity contribution in [2.75, 3.05) is 12.4 Å². The van der Waals surface area contributed by atoms with E-state index in [4.69, 9.17) is 4.42 Å². The molecule has 1 N–H and O–H groups in total. The van der Waals surface area contributed by atoms with Gasteiger partial charge in [0.2, 0.25) is 5.91 Å². The zero-order valence-electron chi connectivity index (χ0n) is 11.8. The second-order valence-electron chi connectivity index (χ2n) is 4.76. The Morgan fingerprint density at radius 3 is 2.71 bits per heavy atom. The van der Waals surface area contributed by atoms with E-state index in [2.05, 4.69) is 37.2 Å². The van der Waals surface area contributed by atoms with Crippen molar-refractivity contribution in [3.05, 3.63) is 50.8 Å². The second-order valence-corrected chi connectivity index (χ2v) is 6.34. The lowest BCUT2D eigenvalue weighted by atomic mass is 10.2. The molecule has 0 unspecified atom stereocenters. The van der Waals surface area contributed by atoms with Gasteiger partial charge in [0.1, 0.15) is 5.76 Å². The fraction of sp³-hybridized carbons (Fsp3) is 0.267. The van der Waals surface area contributed by atoms with Gasteiger partial charge in [-0.25, -0.2) is 0 Å². The lowest BCUT2D eigenvalue weighted by Crippen LogP contribution is -2.22. The van der Waals surface area contributed by atoms with Gasteiger partial charge in [0.15, 0.2) is 4.67 Å². The number of nitrogens with zero attached hydrogens (tertiary/aromatic N) is 1. The van der Waals surface area contributed by atoms with Crippen LogP contribution in [0.3, 0.4) is 0 Å². The molecule has 0 bridgehead atoms. The van der Waals surface area contributed by atoms with Crippen LogP contribution in [0.5, 0.6) is 0 Å². The molecule has 0 saturated heterocycles. The summed E-state index contributed by atoms with van der Waals surface area (Å²) in [6.45, 7) is 2.76. The first-order valence-electron chi connectivity index (χ1n) is 6.44. The molecule has 4 nitrogen and oxygen atoms in total. The summed E-state index contributed by atoms with van der Waals surface area (Å²) in [6.07, 6.45) is 0. The summed E-state index contributed by atoms with van der Waals surface area (Å²) in [5.74, 6) is 0.888. The van der Waals surface area contributed by atoms with Crippen LogP contribution in [0, 0.1) is 0 Å². The van der Waals surface area contributed by atoms with E-state index in [1.54, 1.807) is 18.9 Å². The summed E-state index contributed by atoms with van der Waals surface area (Å²) < 4.78 is 7.11. The van der Waals surface area contributed by atoms with Crippen molar-refractivity contribution in [3.8, 4) is 0 Å². The monoisotopic (exact) mass is 414 g/mol. The summed E-state index contributed by atoms with van der Waals surface area (Å²) in [4.78, 5) is 12.9. The minimum atomic E-state index is 0.0543. The third-order valence-corrected chi connectivity index (χ3v) is 4.76. The molecule has 21 heavy (non-hydrogen) atoms. The Bertz CT molecular complexity index is 621. The first-order valence-corrected chi connectivity index (χ1v) is 8.02. The van der Waals surface area contributed by atoms with Gasteiger partial charge in [0.25, 0.3) is 0 Å². The van der Waals surface area contributed by atoms with Gasteiger partial charge < -0.3 is 14.6 Å². The van der Waals surface area contributed by atoms with E-state index in [9.17, 15) is 4.79 Å². The van der Waals surface area contributed by atoms with Gasteiger partial charge in [-0.05, 0) is 55.6 Å². The highest BCUT2D eigenvalue weighted by molar-refractivity contribution is 9.13. The number of benzene rings is 1. The SMILES string of the molecule is CC(=O)N(C)Cc1cccc(NCc2cc(Br)c(Br)o2)c1. The van der Waals surface area contributed by atoms with E-state index in [1.165, 1.54) is 0 Å². The second kappa shape index (κ2) is 7.13. The molecular weight excluding hydrogens is 400 g/mol. The average Bonchev–Trinajstić information content (AvgIpc) is 2.76. The third kappa shape index (κ3) is 4.61. The zero-order valence-corrected chi connectivity index (χ0v) is 15.0. The molecule has 2 rings (SSSR count). The predicted octanol–water partition coefficient (Wildman–Crippen LogP) is 4.40. The van der Waals surface area contributed by atoms with E-state index in [0.29, 0.717) is 17.8 Å². The molecule has 1 heterocycles. The maximum absolute atomic E-state index is 11.3. The van der Waals surface area contributed by atoms with Crippen LogP contribution in [0.25, 0.3) is 0 Å². The van der Waals surface area contributed by atoms with E-state index in [0.717, 1.165) is 21.5 Å². The van der Waals surface area contributed by atoms with Gasteiger partial charge in [0.05, 0.1) is 11.0 Å². The van der Waals surface area contributed by atoms with Crippen molar-refractivity contribution in [1.29, 1.82) is 0 Å². The van der Waals surface area contributed by atoms with Gasteiger partial charge >= 0.3 is 0 Å². The van der Waals surface area contributed by atoms with Crippen LogP contribution in [0.4, 0.5) is 5.69 Å². The van der Waals surface area contributed by atoms with E-state index >= 15 is 0 Å². The zero-order chi connectivity index (χ0) is 15.4. The molecule has 1 aromatic carbocycles. The molecule has 0 spiro atoms. The Morgan fingerprint density at radius 1 is 1.33 bits per heavy atom. The maximum Gasteiger partial charge on any atom is 0.219 e. The van der Waals surface area contributed by atoms with Gasteiger partial charge in [-0.15, -0.1) is 0 Å². The summed E-state index contributed by atoms with van der Waals surface area (Å²) >= 11 is 6.70. The van der Waals surface area contributed by atoms with Gasteiger partial charge in [-0.1, -0.05) is 12.1 Å². The van der Waals surface area contributed by atoms with Crippen molar-refractivity contribution >= 4 is 43.5 Å². The van der Waals surface area contributed by atoms with Gasteiger partial charge in [-0.2, -0.15) is 0 Å². The number of anilines is 1. The van der Waals surface area contributed by atoms with Crippen molar-refractivity contribution < 1.29 is 9.21 Å². The highest BCUT2D eigenvalue weighted by Gasteiger charge is 2.07. The highest BCUT2D eigenvalue weighted by atomic mass is 79.9. The first kappa shape index (κ1) is 16.1. The topological polar surface area (TPSA) is 45.5 Å². The van der Waals surface area contributed by atoms with Crippen LogP contribution >= 0.6 is 31.9 Å². The van der Waals surface area contributed by atoms with E-state index < -0.39 is 0 Å². The summed E-state index contributed by atoms with van der Waals surface area (Å²) in [5, 5.41) is 3.31. The summed E-state index contributed by atoms with van der Waals surface area (Å²) in [5.41, 5.74) is 2.08. The number of hydrogen-bond donors (Lipinski definition) is 1. The Hall–Kier alpha value is -1.27. The number of furan rings is 1. The average molecular weight is 416 g/mol. The lowest BCUT2D eigenvalue weighted by Gasteiger charge is -2.15. The number of hydrogen-bond acceptors (Lipinski definition) is 3. The molecule has 1 aromatic heterocycles. The van der Waals surface area contributed by atoms with Crippen molar-refractivity contribution in [2.24, 2.45) is 0 Å². The molecule has 2 aromatic rings. The molecule has 0 radical (unpaired) electrons. The predicted molar refractivity (Wildman–Crippen MR) is 90.0 cm³/mol. The van der Waals surface area contributed by atoms with Crippen LogP contribution in [0.2, 0.25) is 0 Å². The molecule has 112 valence electrons. The standard InChI is InChI=1S/C15H16Br2N2O2/c1-10(20)19(2)9-11-4-3-5-12(6-11)18-8-13-7-14(16)15(17)21-13/h3-7,18H,8-9H2,1-2H3. The van der Waals surface area contributed by atoms with Crippen molar-refractivity contribution in [1.82, 2.24) is 4.90 Å². The summed E-state index contributed by atoms with van der Waals surface area (Å²) in [6, 6.07) is 9.92. The smallest absolute Gasteiger partial charge is 0.219 e. The summed E-state index contributed by atoms with van der Waals surface area (Å²) in [7, 11) is 1.79. The number of nitrogens with one attached hydrogen (secondary N) is 1. The minimum Gasteiger partial charge on any atom is -0.451 e. The molecule has 6 heteroatoms. The van der Waals surface area contributed by atoms with Crippen molar-refractivity contribution in [2.45, 2.75) is 20.0 Å². The van der Waals surface area contributed by atoms with E-state index in [1.807, 2.05) is 30.3 Å². The van der Waals surface area contributed by atoms with E-state index in [-0.39, 0.29) is 5.91 Å². The Morgan fingerprint density at radius 2 is 2.10 bits per heavy atom. The molecule has 0 aliphatic carbocycles. The van der Waals surface area contributed by atoms with Gasteiger partial charge in [-0.3, -0.25) is 4.79 Å². The van der Waals surface area contributed by atoms with Crippen LogP contribution < -0.4 is 5.32 Å². The molecule has 0 aliphatic rings. The molecule has 0 fully saturated rings. The van der Waals surface area contributed by atoms with Crippen LogP contribution in [0.15, 0.2) is 43.9 Å². The Balaban J connectivity index is 1.99. The normalized spacial score (nSPS) is 10.5. The minimum absolute atomic E-state index is 0.0543. The number of amides is 1. The molecule has 0 atom stereocenters. The fourth-order valence-corrected chi connectivity index (χ4v) is 2.49. The van der Waals surface area contributed by atoms with Crippen molar-refractivity contribution in [3.63, 3.8) is 0 Å². The maximum atomic E-state index is 11.3. The van der Waals surface area contributed by atoms with Crippen LogP contribution in [-0.2, 0) is 17.9 Å². The highest BCUT2D eigenvalue weighted by Crippen LogP contribution is 2.27. The number of carbonyl (C=O) groups is 1. The molecule has 1 amide bonds. The molecule has 0 saturated carbocycles. The number of rotatable bonds is 5. The number of carbonyl (C=O) groups excluding carboxylic acids is 1. The quantitative estimate of drug-likeness (QED) is 0.787. The Kier molecular flexibility index (Phi) is 5.47. The van der Waals surface area contributed by atoms with Crippen LogP contribution in [-0.4, -0.2) is 17.9 Å². The lowest BCUT2D eigenvalue weighted by molar-refractivity contribution is -0.128. The van der Waals surface area contributed by atoms with Gasteiger partial charge in [0, 0.05) is 26.2 Å². The Labute approximate surface area is 140 Å². The molecular formula is C15H16Br2N2O2. The van der Waals surface area contributed by atoms with Crippen LogP contribution in [0.1, 0.15) is 18.2 Å². The fourth-order valence-electron chi connectivity index (χ4n) is 1.83. The first-order chi connectivity index (χ1) is 9.95.